The van der Waals surface area contributed by atoms with E-state index in [1.807, 2.05) is 0 Å². The first-order valence-electron chi connectivity index (χ1n) is 7.72. The molecule has 2 rings (SSSR count). The van der Waals surface area contributed by atoms with Gasteiger partial charge in [-0.1, -0.05) is 12.1 Å². The summed E-state index contributed by atoms with van der Waals surface area (Å²) < 4.78 is 35.8. The number of ether oxygens (including phenoxy) is 2. The van der Waals surface area contributed by atoms with Crippen molar-refractivity contribution in [3.63, 3.8) is 0 Å². The van der Waals surface area contributed by atoms with Crippen molar-refractivity contribution >= 4 is 21.5 Å². The van der Waals surface area contributed by atoms with Crippen molar-refractivity contribution in [3.8, 4) is 5.75 Å². The number of carbonyl (C=O) groups is 1. The summed E-state index contributed by atoms with van der Waals surface area (Å²) >= 11 is 0. The second kappa shape index (κ2) is 8.60. The zero-order valence-corrected chi connectivity index (χ0v) is 15.4. The van der Waals surface area contributed by atoms with E-state index in [4.69, 9.17) is 4.74 Å². The first-order chi connectivity index (χ1) is 12.8. The van der Waals surface area contributed by atoms with Crippen molar-refractivity contribution in [3.05, 3.63) is 64.2 Å². The Bertz CT molecular complexity index is 927. The van der Waals surface area contributed by atoms with Gasteiger partial charge in [-0.25, -0.2) is 8.42 Å². The highest BCUT2D eigenvalue weighted by Crippen LogP contribution is 2.33. The molecule has 0 saturated carbocycles. The summed E-state index contributed by atoms with van der Waals surface area (Å²) in [7, 11) is -1.52. The number of esters is 1. The van der Waals surface area contributed by atoms with E-state index in [9.17, 15) is 23.3 Å². The van der Waals surface area contributed by atoms with E-state index < -0.39 is 32.6 Å². The Hall–Kier alpha value is -2.98. The SMILES string of the molecule is COC(=O)CNC(c1ccccc1[N+](=O)[O-])S(=O)(=O)c1ccc(OC)cc1. The summed E-state index contributed by atoms with van der Waals surface area (Å²) in [5.41, 5.74) is -0.459. The highest BCUT2D eigenvalue weighted by atomic mass is 32.2. The second-order valence-electron chi connectivity index (χ2n) is 5.37. The Labute approximate surface area is 156 Å². The van der Waals surface area contributed by atoms with Crippen LogP contribution in [0.4, 0.5) is 5.69 Å². The summed E-state index contributed by atoms with van der Waals surface area (Å²) in [6.07, 6.45) is 0. The number of para-hydroxylation sites is 1. The number of nitrogens with zero attached hydrogens (tertiary/aromatic N) is 1. The lowest BCUT2D eigenvalue weighted by atomic mass is 10.2. The van der Waals surface area contributed by atoms with Crippen LogP contribution in [-0.4, -0.2) is 40.1 Å². The van der Waals surface area contributed by atoms with Gasteiger partial charge >= 0.3 is 5.97 Å². The zero-order chi connectivity index (χ0) is 20.0. The molecule has 0 saturated heterocycles. The number of nitro benzene ring substituents is 1. The molecule has 0 radical (unpaired) electrons. The molecule has 2 aromatic rings. The fourth-order valence-corrected chi connectivity index (χ4v) is 4.04. The number of methoxy groups -OCH3 is 2. The van der Waals surface area contributed by atoms with Crippen molar-refractivity contribution in [2.24, 2.45) is 0 Å². The molecular formula is C17H18N2O7S. The van der Waals surface area contributed by atoms with Crippen LogP contribution in [0.1, 0.15) is 10.9 Å². The molecular weight excluding hydrogens is 376 g/mol. The quantitative estimate of drug-likeness (QED) is 0.408. The average Bonchev–Trinajstić information content (AvgIpc) is 2.68. The van der Waals surface area contributed by atoms with E-state index in [-0.39, 0.29) is 16.1 Å². The smallest absolute Gasteiger partial charge is 0.319 e. The van der Waals surface area contributed by atoms with Gasteiger partial charge in [0.25, 0.3) is 5.69 Å². The molecule has 10 heteroatoms. The molecule has 2 aromatic carbocycles. The standard InChI is InChI=1S/C17H18N2O7S/c1-25-12-7-9-13(10-8-12)27(23,24)17(18-11-16(20)26-2)14-5-3-4-6-15(14)19(21)22/h3-10,17-18H,11H2,1-2H3. The molecule has 0 fully saturated rings. The minimum Gasteiger partial charge on any atom is -0.497 e. The molecule has 1 unspecified atom stereocenters. The molecule has 1 atom stereocenters. The maximum Gasteiger partial charge on any atom is 0.319 e. The van der Waals surface area contributed by atoms with Gasteiger partial charge in [0.2, 0.25) is 0 Å². The number of rotatable bonds is 8. The molecule has 0 amide bonds. The van der Waals surface area contributed by atoms with Crippen molar-refractivity contribution in [2.45, 2.75) is 10.3 Å². The number of sulfone groups is 1. The third kappa shape index (κ3) is 4.60. The van der Waals surface area contributed by atoms with E-state index >= 15 is 0 Å². The van der Waals surface area contributed by atoms with Crippen LogP contribution in [-0.2, 0) is 19.4 Å². The number of hydrogen-bond donors (Lipinski definition) is 1. The van der Waals surface area contributed by atoms with Crippen LogP contribution in [0.25, 0.3) is 0 Å². The van der Waals surface area contributed by atoms with Gasteiger partial charge in [0.05, 0.1) is 36.1 Å². The molecule has 0 bridgehead atoms. The van der Waals surface area contributed by atoms with Crippen LogP contribution in [0.3, 0.4) is 0 Å². The maximum absolute atomic E-state index is 13.1. The van der Waals surface area contributed by atoms with Gasteiger partial charge < -0.3 is 9.47 Å². The van der Waals surface area contributed by atoms with E-state index in [1.165, 1.54) is 55.6 Å². The lowest BCUT2D eigenvalue weighted by Crippen LogP contribution is -2.34. The van der Waals surface area contributed by atoms with Crippen LogP contribution in [0.5, 0.6) is 5.75 Å². The monoisotopic (exact) mass is 394 g/mol. The molecule has 144 valence electrons. The van der Waals surface area contributed by atoms with Gasteiger partial charge in [-0.2, -0.15) is 0 Å². The molecule has 9 nitrogen and oxygen atoms in total. The lowest BCUT2D eigenvalue weighted by molar-refractivity contribution is -0.385. The largest absolute Gasteiger partial charge is 0.497 e. The predicted octanol–water partition coefficient (Wildman–Crippen LogP) is 1.84. The fraction of sp³-hybridized carbons (Fsp3) is 0.235. The molecule has 0 aliphatic rings. The molecule has 0 aliphatic carbocycles. The van der Waals surface area contributed by atoms with Crippen LogP contribution >= 0.6 is 0 Å². The zero-order valence-electron chi connectivity index (χ0n) is 14.6. The Morgan fingerprint density at radius 1 is 1.15 bits per heavy atom. The summed E-state index contributed by atoms with van der Waals surface area (Å²) in [5.74, 6) is -0.248. The Morgan fingerprint density at radius 2 is 1.78 bits per heavy atom. The van der Waals surface area contributed by atoms with Crippen molar-refractivity contribution in [1.82, 2.24) is 5.32 Å². The average molecular weight is 394 g/mol. The Kier molecular flexibility index (Phi) is 6.48. The van der Waals surface area contributed by atoms with Gasteiger partial charge in [0, 0.05) is 6.07 Å². The highest BCUT2D eigenvalue weighted by molar-refractivity contribution is 7.91. The molecule has 0 spiro atoms. The summed E-state index contributed by atoms with van der Waals surface area (Å²) in [5, 5.41) is 12.4. The third-order valence-electron chi connectivity index (χ3n) is 3.77. The maximum atomic E-state index is 13.1. The number of carbonyl (C=O) groups excluding carboxylic acids is 1. The second-order valence-corrected chi connectivity index (χ2v) is 7.41. The number of nitrogens with one attached hydrogen (secondary N) is 1. The fourth-order valence-electron chi connectivity index (χ4n) is 2.41. The van der Waals surface area contributed by atoms with Gasteiger partial charge in [-0.15, -0.1) is 0 Å². The van der Waals surface area contributed by atoms with E-state index in [2.05, 4.69) is 10.1 Å². The van der Waals surface area contributed by atoms with Gasteiger partial charge in [0.1, 0.15) is 11.1 Å². The summed E-state index contributed by atoms with van der Waals surface area (Å²) in [6.45, 7) is -0.442. The van der Waals surface area contributed by atoms with E-state index in [0.29, 0.717) is 5.75 Å². The lowest BCUT2D eigenvalue weighted by Gasteiger charge is -2.19. The van der Waals surface area contributed by atoms with Gasteiger partial charge in [-0.05, 0) is 30.3 Å². The normalized spacial score (nSPS) is 12.2. The third-order valence-corrected chi connectivity index (χ3v) is 5.74. The minimum absolute atomic E-state index is 0.0798. The molecule has 0 aliphatic heterocycles. The molecule has 0 heterocycles. The number of benzene rings is 2. The van der Waals surface area contributed by atoms with Crippen LogP contribution in [0.2, 0.25) is 0 Å². The summed E-state index contributed by atoms with van der Waals surface area (Å²) in [6, 6.07) is 11.0. The molecule has 1 N–H and O–H groups in total. The Balaban J connectivity index is 2.54. The number of nitro groups is 1. The summed E-state index contributed by atoms with van der Waals surface area (Å²) in [4.78, 5) is 22.1. The van der Waals surface area contributed by atoms with Crippen LogP contribution in [0, 0.1) is 10.1 Å². The van der Waals surface area contributed by atoms with E-state index in [0.717, 1.165) is 7.11 Å². The topological polar surface area (TPSA) is 125 Å². The molecule has 0 aromatic heterocycles. The van der Waals surface area contributed by atoms with Crippen LogP contribution in [0.15, 0.2) is 53.4 Å². The minimum atomic E-state index is -4.12. The first kappa shape index (κ1) is 20.3. The highest BCUT2D eigenvalue weighted by Gasteiger charge is 2.34. The first-order valence-corrected chi connectivity index (χ1v) is 9.27. The van der Waals surface area contributed by atoms with Crippen LogP contribution < -0.4 is 10.1 Å². The van der Waals surface area contributed by atoms with Crippen molar-refractivity contribution in [2.75, 3.05) is 20.8 Å². The predicted molar refractivity (Wildman–Crippen MR) is 96.0 cm³/mol. The van der Waals surface area contributed by atoms with Crippen molar-refractivity contribution < 1.29 is 27.6 Å². The van der Waals surface area contributed by atoms with Crippen molar-refractivity contribution in [1.29, 1.82) is 0 Å². The van der Waals surface area contributed by atoms with Gasteiger partial charge in [-0.3, -0.25) is 20.2 Å². The van der Waals surface area contributed by atoms with E-state index in [1.54, 1.807) is 0 Å². The Morgan fingerprint density at radius 3 is 2.33 bits per heavy atom. The number of hydrogen-bond acceptors (Lipinski definition) is 8. The molecule has 27 heavy (non-hydrogen) atoms. The van der Waals surface area contributed by atoms with Gasteiger partial charge in [0.15, 0.2) is 9.84 Å².